The van der Waals surface area contributed by atoms with E-state index in [1.54, 1.807) is 33.0 Å². The Bertz CT molecular complexity index is 542. The number of pyridine rings is 1. The summed E-state index contributed by atoms with van der Waals surface area (Å²) < 4.78 is 5.29. The van der Waals surface area contributed by atoms with Gasteiger partial charge in [0.2, 0.25) is 0 Å². The van der Waals surface area contributed by atoms with Crippen LogP contribution < -0.4 is 28.9 Å². The molecule has 0 aromatic carbocycles. The number of rotatable bonds is 1. The fourth-order valence-electron chi connectivity index (χ4n) is 2.20. The number of amides is 1. The molecule has 1 aromatic heterocycles. The van der Waals surface area contributed by atoms with Gasteiger partial charge in [-0.15, -0.1) is 0 Å². The van der Waals surface area contributed by atoms with Crippen molar-refractivity contribution in [3.05, 3.63) is 24.0 Å². The smallest absolute Gasteiger partial charge is 0.548 e. The monoisotopic (exact) mass is 284 g/mol. The van der Waals surface area contributed by atoms with E-state index in [-0.39, 0.29) is 18.9 Å². The Hall–Kier alpha value is -1.51. The molecule has 0 fully saturated rings. The van der Waals surface area contributed by atoms with Crippen LogP contribution in [0.15, 0.2) is 18.5 Å². The number of hydrogen-bond donors (Lipinski definition) is 0. The third-order valence-electron chi connectivity index (χ3n) is 3.00. The summed E-state index contributed by atoms with van der Waals surface area (Å²) in [6, 6.07) is 0.605. The number of hydrogen-bond acceptors (Lipinski definition) is 5. The van der Waals surface area contributed by atoms with Crippen molar-refractivity contribution in [1.29, 1.82) is 0 Å². The molecule has 2 heterocycles. The maximum atomic E-state index is 12.3. The fourth-order valence-corrected chi connectivity index (χ4v) is 2.20. The van der Waals surface area contributed by atoms with Crippen molar-refractivity contribution in [3.63, 3.8) is 0 Å². The standard InChI is InChI=1S/C14H18N2O4.Li/c1-14(2,3)20-13(19)16-10-6-7-15-8-9(10)4-5-11(16)12(17)18;/h6-8,11H,4-5H2,1-3H3,(H,17,18);/q;+1/p-1. The average molecular weight is 284 g/mol. The van der Waals surface area contributed by atoms with Crippen LogP contribution in [0.5, 0.6) is 0 Å². The van der Waals surface area contributed by atoms with Crippen LogP contribution in [0.2, 0.25) is 0 Å². The predicted octanol–water partition coefficient (Wildman–Crippen LogP) is -2.11. The van der Waals surface area contributed by atoms with Crippen molar-refractivity contribution in [1.82, 2.24) is 4.98 Å². The van der Waals surface area contributed by atoms with E-state index in [1.807, 2.05) is 0 Å². The minimum absolute atomic E-state index is 0. The van der Waals surface area contributed by atoms with Gasteiger partial charge in [0.1, 0.15) is 5.60 Å². The molecule has 108 valence electrons. The molecule has 0 N–H and O–H groups in total. The number of anilines is 1. The molecule has 1 atom stereocenters. The van der Waals surface area contributed by atoms with Gasteiger partial charge < -0.3 is 14.6 Å². The first-order valence-corrected chi connectivity index (χ1v) is 6.45. The summed E-state index contributed by atoms with van der Waals surface area (Å²) in [5.41, 5.74) is 0.656. The molecule has 0 radical (unpaired) electrons. The number of aliphatic carboxylic acids is 1. The zero-order chi connectivity index (χ0) is 14.9. The number of fused-ring (bicyclic) bond motifs is 1. The molecule has 1 aromatic rings. The van der Waals surface area contributed by atoms with E-state index in [9.17, 15) is 14.7 Å². The number of carboxylic acids is 1. The summed E-state index contributed by atoms with van der Waals surface area (Å²) in [5.74, 6) is -1.28. The SMILES string of the molecule is CC(C)(C)OC(=O)N1c2ccncc2CCC1C(=O)[O-].[Li+]. The van der Waals surface area contributed by atoms with Gasteiger partial charge >= 0.3 is 25.0 Å². The van der Waals surface area contributed by atoms with Crippen molar-refractivity contribution in [2.75, 3.05) is 4.90 Å². The average Bonchev–Trinajstić information content (AvgIpc) is 2.35. The summed E-state index contributed by atoms with van der Waals surface area (Å²) in [5, 5.41) is 11.3. The molecule has 1 aliphatic heterocycles. The molecule has 0 aliphatic carbocycles. The van der Waals surface area contributed by atoms with Crippen molar-refractivity contribution in [3.8, 4) is 0 Å². The topological polar surface area (TPSA) is 82.6 Å². The molecule has 21 heavy (non-hydrogen) atoms. The summed E-state index contributed by atoms with van der Waals surface area (Å²) in [6.45, 7) is 5.20. The van der Waals surface area contributed by atoms with E-state index < -0.39 is 23.7 Å². The summed E-state index contributed by atoms with van der Waals surface area (Å²) >= 11 is 0. The third-order valence-corrected chi connectivity index (χ3v) is 3.00. The van der Waals surface area contributed by atoms with Crippen molar-refractivity contribution in [2.45, 2.75) is 45.3 Å². The number of carbonyl (C=O) groups is 2. The molecule has 1 unspecified atom stereocenters. The number of carboxylic acid groups (broad SMARTS) is 1. The van der Waals surface area contributed by atoms with Gasteiger partial charge in [0.15, 0.2) is 0 Å². The minimum Gasteiger partial charge on any atom is -0.548 e. The van der Waals surface area contributed by atoms with Crippen LogP contribution in [-0.2, 0) is 16.0 Å². The van der Waals surface area contributed by atoms with Crippen LogP contribution in [-0.4, -0.2) is 28.7 Å². The molecule has 7 heteroatoms. The van der Waals surface area contributed by atoms with Gasteiger partial charge in [-0.25, -0.2) is 4.79 Å². The largest absolute Gasteiger partial charge is 1.00 e. The van der Waals surface area contributed by atoms with Gasteiger partial charge in [-0.2, -0.15) is 0 Å². The zero-order valence-corrected chi connectivity index (χ0v) is 12.8. The number of nitrogens with zero attached hydrogens (tertiary/aromatic N) is 2. The van der Waals surface area contributed by atoms with E-state index >= 15 is 0 Å². The van der Waals surface area contributed by atoms with E-state index in [2.05, 4.69) is 4.98 Å². The van der Waals surface area contributed by atoms with Gasteiger partial charge in [0, 0.05) is 12.4 Å². The Morgan fingerprint density at radius 3 is 2.67 bits per heavy atom. The van der Waals surface area contributed by atoms with Crippen LogP contribution in [0.4, 0.5) is 10.5 Å². The van der Waals surface area contributed by atoms with Gasteiger partial charge in [0.25, 0.3) is 0 Å². The normalized spacial score (nSPS) is 17.5. The Labute approximate surface area is 135 Å². The van der Waals surface area contributed by atoms with E-state index in [0.717, 1.165) is 10.5 Å². The second-order valence-corrected chi connectivity index (χ2v) is 5.73. The van der Waals surface area contributed by atoms with E-state index in [0.29, 0.717) is 18.5 Å². The van der Waals surface area contributed by atoms with Crippen LogP contribution in [0.3, 0.4) is 0 Å². The number of aromatic nitrogens is 1. The van der Waals surface area contributed by atoms with E-state index in [1.165, 1.54) is 6.20 Å². The maximum absolute atomic E-state index is 12.3. The maximum Gasteiger partial charge on any atom is 1.00 e. The number of ether oxygens (including phenoxy) is 1. The molecule has 0 spiro atoms. The zero-order valence-electron chi connectivity index (χ0n) is 12.8. The molecule has 1 aliphatic rings. The van der Waals surface area contributed by atoms with Crippen LogP contribution in [0.25, 0.3) is 0 Å². The molecule has 2 rings (SSSR count). The molecular weight excluding hydrogens is 267 g/mol. The molecular formula is C14H17LiN2O4. The first-order valence-electron chi connectivity index (χ1n) is 6.45. The summed E-state index contributed by atoms with van der Waals surface area (Å²) in [6.07, 6.45) is 3.31. The van der Waals surface area contributed by atoms with Crippen molar-refractivity contribution >= 4 is 17.7 Å². The van der Waals surface area contributed by atoms with E-state index in [4.69, 9.17) is 4.74 Å². The minimum atomic E-state index is -1.28. The number of carbonyl (C=O) groups excluding carboxylic acids is 2. The van der Waals surface area contributed by atoms with Crippen LogP contribution in [0, 0.1) is 0 Å². The Morgan fingerprint density at radius 1 is 1.43 bits per heavy atom. The Balaban J connectivity index is 0.00000220. The summed E-state index contributed by atoms with van der Waals surface area (Å²) in [7, 11) is 0. The van der Waals surface area contributed by atoms with Gasteiger partial charge in [-0.3, -0.25) is 9.88 Å². The first-order chi connectivity index (χ1) is 9.29. The molecule has 0 bridgehead atoms. The third kappa shape index (κ3) is 3.99. The molecule has 0 saturated carbocycles. The molecule has 6 nitrogen and oxygen atoms in total. The van der Waals surface area contributed by atoms with Gasteiger partial charge in [-0.1, -0.05) is 0 Å². The molecule has 0 saturated heterocycles. The van der Waals surface area contributed by atoms with Crippen molar-refractivity contribution in [2.24, 2.45) is 0 Å². The summed E-state index contributed by atoms with van der Waals surface area (Å²) in [4.78, 5) is 28.7. The predicted molar refractivity (Wildman–Crippen MR) is 70.1 cm³/mol. The number of aryl methyl sites for hydroxylation is 1. The quantitative estimate of drug-likeness (QED) is 0.551. The Kier molecular flexibility index (Phi) is 5.43. The van der Waals surface area contributed by atoms with Gasteiger partial charge in [-0.05, 0) is 45.2 Å². The van der Waals surface area contributed by atoms with Gasteiger partial charge in [0.05, 0.1) is 17.7 Å². The molecule has 1 amide bonds. The Morgan fingerprint density at radius 2 is 2.10 bits per heavy atom. The second-order valence-electron chi connectivity index (χ2n) is 5.73. The first kappa shape index (κ1) is 17.5. The van der Waals surface area contributed by atoms with Crippen molar-refractivity contribution < 1.29 is 38.3 Å². The fraction of sp³-hybridized carbons (Fsp3) is 0.500. The second kappa shape index (κ2) is 6.50. The van der Waals surface area contributed by atoms with Crippen LogP contribution in [0.1, 0.15) is 32.8 Å². The van der Waals surface area contributed by atoms with Crippen LogP contribution >= 0.6 is 0 Å².